The number of ether oxygens (including phenoxy) is 1. The van der Waals surface area contributed by atoms with Crippen LogP contribution in [0.4, 0.5) is 11.7 Å². The van der Waals surface area contributed by atoms with Crippen molar-refractivity contribution >= 4 is 17.7 Å². The van der Waals surface area contributed by atoms with Gasteiger partial charge in [-0.05, 0) is 19.1 Å². The van der Waals surface area contributed by atoms with Gasteiger partial charge >= 0.3 is 5.97 Å². The van der Waals surface area contributed by atoms with E-state index in [-0.39, 0.29) is 17.3 Å². The van der Waals surface area contributed by atoms with E-state index in [1.165, 1.54) is 13.2 Å². The highest BCUT2D eigenvalue weighted by Gasteiger charge is 2.15. The van der Waals surface area contributed by atoms with E-state index in [0.29, 0.717) is 11.4 Å². The topological polar surface area (TPSA) is 84.6 Å². The number of aromatic nitrogens is 1. The summed E-state index contributed by atoms with van der Waals surface area (Å²) in [6.07, 6.45) is 1.55. The van der Waals surface area contributed by atoms with Crippen LogP contribution in [-0.2, 0) is 4.74 Å². The van der Waals surface area contributed by atoms with Gasteiger partial charge in [0.1, 0.15) is 11.3 Å². The molecule has 2 N–H and O–H groups in total. The first kappa shape index (κ1) is 12.0. The molecule has 1 aromatic carbocycles. The number of oxazole rings is 1. The van der Waals surface area contributed by atoms with Crippen molar-refractivity contribution in [3.05, 3.63) is 35.7 Å². The van der Waals surface area contributed by atoms with Gasteiger partial charge in [-0.2, -0.15) is 0 Å². The van der Waals surface area contributed by atoms with Crippen LogP contribution in [0.15, 0.2) is 28.8 Å². The molecule has 0 fully saturated rings. The van der Waals surface area contributed by atoms with Crippen LogP contribution in [0.25, 0.3) is 0 Å². The summed E-state index contributed by atoms with van der Waals surface area (Å²) in [5, 5.41) is 12.7. The SMILES string of the molecule is COC(=O)c1cccc(Nc2ncc(C)o2)c1O. The van der Waals surface area contributed by atoms with Crippen LogP contribution in [0, 0.1) is 6.92 Å². The number of nitrogens with one attached hydrogen (secondary N) is 1. The minimum Gasteiger partial charge on any atom is -0.505 e. The molecule has 94 valence electrons. The first-order chi connectivity index (χ1) is 8.61. The summed E-state index contributed by atoms with van der Waals surface area (Å²) >= 11 is 0. The number of aryl methyl sites for hydroxylation is 1. The van der Waals surface area contributed by atoms with Gasteiger partial charge in [0.25, 0.3) is 6.01 Å². The third-order valence-electron chi connectivity index (χ3n) is 2.30. The number of esters is 1. The van der Waals surface area contributed by atoms with Gasteiger partial charge in [0.05, 0.1) is 19.0 Å². The average Bonchev–Trinajstić information content (AvgIpc) is 2.76. The van der Waals surface area contributed by atoms with E-state index in [1.807, 2.05) is 0 Å². The van der Waals surface area contributed by atoms with Crippen LogP contribution >= 0.6 is 0 Å². The minimum atomic E-state index is -0.611. The summed E-state index contributed by atoms with van der Waals surface area (Å²) < 4.78 is 9.78. The van der Waals surface area contributed by atoms with Crippen molar-refractivity contribution in [2.24, 2.45) is 0 Å². The van der Waals surface area contributed by atoms with E-state index in [1.54, 1.807) is 25.3 Å². The maximum Gasteiger partial charge on any atom is 0.341 e. The second-order valence-electron chi connectivity index (χ2n) is 3.59. The first-order valence-corrected chi connectivity index (χ1v) is 5.21. The number of benzene rings is 1. The Balaban J connectivity index is 2.31. The van der Waals surface area contributed by atoms with Crippen molar-refractivity contribution in [2.75, 3.05) is 12.4 Å². The van der Waals surface area contributed by atoms with Crippen LogP contribution in [0.1, 0.15) is 16.1 Å². The summed E-state index contributed by atoms with van der Waals surface area (Å²) in [7, 11) is 1.25. The number of methoxy groups -OCH3 is 1. The Morgan fingerprint density at radius 3 is 2.89 bits per heavy atom. The molecule has 18 heavy (non-hydrogen) atoms. The molecule has 0 aliphatic carbocycles. The Labute approximate surface area is 103 Å². The number of rotatable bonds is 3. The Kier molecular flexibility index (Phi) is 3.18. The fourth-order valence-corrected chi connectivity index (χ4v) is 1.45. The molecule has 1 heterocycles. The Bertz CT molecular complexity index is 577. The molecule has 6 nitrogen and oxygen atoms in total. The lowest BCUT2D eigenvalue weighted by Crippen LogP contribution is -2.03. The molecular weight excluding hydrogens is 236 g/mol. The Morgan fingerprint density at radius 2 is 2.28 bits per heavy atom. The number of hydrogen-bond donors (Lipinski definition) is 2. The van der Waals surface area contributed by atoms with Gasteiger partial charge in [-0.15, -0.1) is 0 Å². The molecule has 0 atom stereocenters. The summed E-state index contributed by atoms with van der Waals surface area (Å²) in [6.45, 7) is 1.75. The first-order valence-electron chi connectivity index (χ1n) is 5.21. The van der Waals surface area contributed by atoms with E-state index in [0.717, 1.165) is 0 Å². The van der Waals surface area contributed by atoms with Crippen LogP contribution in [-0.4, -0.2) is 23.2 Å². The zero-order chi connectivity index (χ0) is 13.1. The normalized spacial score (nSPS) is 10.1. The van der Waals surface area contributed by atoms with Crippen molar-refractivity contribution in [2.45, 2.75) is 6.92 Å². The van der Waals surface area contributed by atoms with Gasteiger partial charge in [-0.1, -0.05) is 6.07 Å². The third kappa shape index (κ3) is 2.27. The zero-order valence-electron chi connectivity index (χ0n) is 9.93. The quantitative estimate of drug-likeness (QED) is 0.640. The minimum absolute atomic E-state index is 0.0748. The van der Waals surface area contributed by atoms with E-state index in [2.05, 4.69) is 15.0 Å². The molecule has 0 unspecified atom stereocenters. The number of carbonyl (C=O) groups is 1. The van der Waals surface area contributed by atoms with Gasteiger partial charge in [0.2, 0.25) is 0 Å². The van der Waals surface area contributed by atoms with Crippen LogP contribution in [0.2, 0.25) is 0 Å². The van der Waals surface area contributed by atoms with Crippen LogP contribution < -0.4 is 5.32 Å². The molecule has 0 radical (unpaired) electrons. The maximum absolute atomic E-state index is 11.4. The summed E-state index contributed by atoms with van der Waals surface area (Å²) in [4.78, 5) is 15.3. The molecule has 2 aromatic rings. The predicted molar refractivity (Wildman–Crippen MR) is 64.0 cm³/mol. The van der Waals surface area contributed by atoms with Gasteiger partial charge in [-0.3, -0.25) is 0 Å². The van der Waals surface area contributed by atoms with Gasteiger partial charge in [0, 0.05) is 0 Å². The summed E-state index contributed by atoms with van der Waals surface area (Å²) in [5.41, 5.74) is 0.394. The fourth-order valence-electron chi connectivity index (χ4n) is 1.45. The summed E-state index contributed by atoms with van der Waals surface area (Å²) in [6, 6.07) is 4.92. The van der Waals surface area contributed by atoms with Gasteiger partial charge in [0.15, 0.2) is 5.75 Å². The average molecular weight is 248 g/mol. The van der Waals surface area contributed by atoms with Gasteiger partial charge < -0.3 is 19.6 Å². The highest BCUT2D eigenvalue weighted by Crippen LogP contribution is 2.30. The van der Waals surface area contributed by atoms with Crippen LogP contribution in [0.3, 0.4) is 0 Å². The van der Waals surface area contributed by atoms with Crippen molar-refractivity contribution < 1.29 is 19.1 Å². The summed E-state index contributed by atoms with van der Waals surface area (Å²) in [5.74, 6) is -0.180. The standard InChI is InChI=1S/C12H12N2O4/c1-7-6-13-12(18-7)14-9-5-3-4-8(10(9)15)11(16)17-2/h3-6,15H,1-2H3,(H,13,14). The Morgan fingerprint density at radius 1 is 1.50 bits per heavy atom. The third-order valence-corrected chi connectivity index (χ3v) is 2.30. The molecule has 1 aromatic heterocycles. The highest BCUT2D eigenvalue weighted by atomic mass is 16.5. The molecule has 0 spiro atoms. The number of nitrogens with zero attached hydrogens (tertiary/aromatic N) is 1. The maximum atomic E-state index is 11.4. The lowest BCUT2D eigenvalue weighted by molar-refractivity contribution is 0.0597. The predicted octanol–water partition coefficient (Wildman–Crippen LogP) is 2.22. The lowest BCUT2D eigenvalue weighted by Gasteiger charge is -2.08. The number of phenols is 1. The van der Waals surface area contributed by atoms with Crippen molar-refractivity contribution in [1.29, 1.82) is 0 Å². The van der Waals surface area contributed by atoms with Crippen molar-refractivity contribution in [3.8, 4) is 5.75 Å². The number of carbonyl (C=O) groups excluding carboxylic acids is 1. The molecule has 6 heteroatoms. The van der Waals surface area contributed by atoms with E-state index < -0.39 is 5.97 Å². The second-order valence-corrected chi connectivity index (χ2v) is 3.59. The smallest absolute Gasteiger partial charge is 0.341 e. The highest BCUT2D eigenvalue weighted by molar-refractivity contribution is 5.94. The van der Waals surface area contributed by atoms with Crippen molar-refractivity contribution in [1.82, 2.24) is 4.98 Å². The molecule has 2 rings (SSSR count). The molecular formula is C12H12N2O4. The van der Waals surface area contributed by atoms with E-state index in [9.17, 15) is 9.90 Å². The van der Waals surface area contributed by atoms with E-state index >= 15 is 0 Å². The van der Waals surface area contributed by atoms with Crippen molar-refractivity contribution in [3.63, 3.8) is 0 Å². The number of para-hydroxylation sites is 1. The number of aromatic hydroxyl groups is 1. The molecule has 0 saturated carbocycles. The van der Waals surface area contributed by atoms with Gasteiger partial charge in [-0.25, -0.2) is 9.78 Å². The number of phenolic OH excluding ortho intramolecular Hbond substituents is 1. The van der Waals surface area contributed by atoms with E-state index in [4.69, 9.17) is 4.42 Å². The monoisotopic (exact) mass is 248 g/mol. The fraction of sp³-hybridized carbons (Fsp3) is 0.167. The molecule has 0 amide bonds. The Hall–Kier alpha value is -2.50. The number of hydrogen-bond acceptors (Lipinski definition) is 6. The number of anilines is 2. The second kappa shape index (κ2) is 4.79. The molecule has 0 bridgehead atoms. The molecule has 0 aliphatic rings. The lowest BCUT2D eigenvalue weighted by atomic mass is 10.1. The molecule has 0 aliphatic heterocycles. The zero-order valence-corrected chi connectivity index (χ0v) is 9.93. The van der Waals surface area contributed by atoms with Crippen LogP contribution in [0.5, 0.6) is 5.75 Å². The molecule has 0 saturated heterocycles. The largest absolute Gasteiger partial charge is 0.505 e.